The monoisotopic (exact) mass is 306 g/mol. The molecule has 0 fully saturated rings. The minimum Gasteiger partial charge on any atom is -0.493 e. The van der Waals surface area contributed by atoms with Crippen molar-refractivity contribution in [2.45, 2.75) is 6.92 Å². The number of carbonyl (C=O) groups excluding carboxylic acids is 1. The first-order valence-corrected chi connectivity index (χ1v) is 6.54. The topological polar surface area (TPSA) is 74.4 Å². The van der Waals surface area contributed by atoms with Gasteiger partial charge in [0, 0.05) is 11.8 Å². The van der Waals surface area contributed by atoms with Crippen LogP contribution in [0.25, 0.3) is 0 Å². The number of methoxy groups -OCH3 is 2. The van der Waals surface area contributed by atoms with Crippen LogP contribution >= 0.6 is 11.6 Å². The number of benzene rings is 1. The Labute approximate surface area is 127 Å². The van der Waals surface area contributed by atoms with Gasteiger partial charge in [-0.1, -0.05) is 11.6 Å². The van der Waals surface area contributed by atoms with E-state index in [-0.39, 0.29) is 11.6 Å². The highest BCUT2D eigenvalue weighted by atomic mass is 35.5. The second kappa shape index (κ2) is 6.01. The van der Waals surface area contributed by atoms with Gasteiger partial charge in [0.05, 0.1) is 24.8 Å². The van der Waals surface area contributed by atoms with Crippen molar-refractivity contribution in [1.29, 1.82) is 0 Å². The zero-order chi connectivity index (χ0) is 15.6. The number of aryl methyl sites for hydroxylation is 1. The average molecular weight is 307 g/mol. The SMILES string of the molecule is COc1cc(C(=O)c2cc(C)cnc2N)cc(Cl)c1OC. The summed E-state index contributed by atoms with van der Waals surface area (Å²) in [5.41, 5.74) is 7.31. The van der Waals surface area contributed by atoms with E-state index in [1.165, 1.54) is 20.3 Å². The van der Waals surface area contributed by atoms with Gasteiger partial charge in [0.2, 0.25) is 0 Å². The number of hydrogen-bond acceptors (Lipinski definition) is 5. The average Bonchev–Trinajstić information content (AvgIpc) is 2.48. The third-order valence-corrected chi connectivity index (χ3v) is 3.28. The molecule has 1 aromatic heterocycles. The van der Waals surface area contributed by atoms with Crippen LogP contribution < -0.4 is 15.2 Å². The lowest BCUT2D eigenvalue weighted by molar-refractivity contribution is 0.103. The molecule has 21 heavy (non-hydrogen) atoms. The highest BCUT2D eigenvalue weighted by Crippen LogP contribution is 2.36. The molecule has 0 saturated heterocycles. The molecule has 0 bridgehead atoms. The molecule has 6 heteroatoms. The Kier molecular flexibility index (Phi) is 4.33. The predicted octanol–water partition coefficient (Wildman–Crippen LogP) is 2.87. The van der Waals surface area contributed by atoms with Gasteiger partial charge >= 0.3 is 0 Å². The lowest BCUT2D eigenvalue weighted by atomic mass is 10.0. The van der Waals surface area contributed by atoms with Crippen LogP contribution in [-0.4, -0.2) is 25.0 Å². The predicted molar refractivity (Wildman–Crippen MR) is 81.4 cm³/mol. The number of anilines is 1. The van der Waals surface area contributed by atoms with Gasteiger partial charge in [0.25, 0.3) is 0 Å². The number of nitrogen functional groups attached to an aromatic ring is 1. The first-order chi connectivity index (χ1) is 9.97. The third-order valence-electron chi connectivity index (χ3n) is 3.00. The number of ether oxygens (including phenoxy) is 2. The fourth-order valence-corrected chi connectivity index (χ4v) is 2.25. The maximum absolute atomic E-state index is 12.6. The van der Waals surface area contributed by atoms with E-state index in [0.717, 1.165) is 5.56 Å². The maximum atomic E-state index is 12.6. The number of aromatic nitrogens is 1. The van der Waals surface area contributed by atoms with Crippen LogP contribution in [0.1, 0.15) is 21.5 Å². The molecule has 2 aromatic rings. The van der Waals surface area contributed by atoms with Gasteiger partial charge in [-0.3, -0.25) is 4.79 Å². The van der Waals surface area contributed by atoms with Crippen molar-refractivity contribution in [3.05, 3.63) is 46.1 Å². The Morgan fingerprint density at radius 3 is 2.57 bits per heavy atom. The number of nitrogens with two attached hydrogens (primary N) is 1. The molecule has 0 spiro atoms. The van der Waals surface area contributed by atoms with Gasteiger partial charge in [0.1, 0.15) is 5.82 Å². The first kappa shape index (κ1) is 15.1. The van der Waals surface area contributed by atoms with E-state index >= 15 is 0 Å². The standard InChI is InChI=1S/C15H15ClN2O3/c1-8-4-10(15(17)18-7-8)13(19)9-5-11(16)14(21-3)12(6-9)20-2/h4-7H,1-3H3,(H2,17,18). The van der Waals surface area contributed by atoms with E-state index in [1.54, 1.807) is 18.3 Å². The molecule has 0 atom stereocenters. The van der Waals surface area contributed by atoms with Crippen molar-refractivity contribution in [2.75, 3.05) is 20.0 Å². The van der Waals surface area contributed by atoms with Crippen LogP contribution in [0.2, 0.25) is 5.02 Å². The Hall–Kier alpha value is -2.27. The van der Waals surface area contributed by atoms with E-state index in [1.807, 2.05) is 6.92 Å². The van der Waals surface area contributed by atoms with Crippen LogP contribution in [0.3, 0.4) is 0 Å². The van der Waals surface area contributed by atoms with Gasteiger partial charge in [-0.25, -0.2) is 4.98 Å². The summed E-state index contributed by atoms with van der Waals surface area (Å²) in [7, 11) is 2.96. The van der Waals surface area contributed by atoms with Crippen LogP contribution in [-0.2, 0) is 0 Å². The minimum absolute atomic E-state index is 0.177. The third kappa shape index (κ3) is 2.92. The van der Waals surface area contributed by atoms with Gasteiger partial charge in [-0.2, -0.15) is 0 Å². The number of ketones is 1. The van der Waals surface area contributed by atoms with Crippen molar-refractivity contribution < 1.29 is 14.3 Å². The summed E-state index contributed by atoms with van der Waals surface area (Å²) in [6.07, 6.45) is 1.60. The fourth-order valence-electron chi connectivity index (χ4n) is 1.97. The van der Waals surface area contributed by atoms with Gasteiger partial charge in [-0.05, 0) is 30.7 Å². The number of rotatable bonds is 4. The Bertz CT molecular complexity index is 702. The summed E-state index contributed by atoms with van der Waals surface area (Å²) in [4.78, 5) is 16.6. The Balaban J connectivity index is 2.53. The van der Waals surface area contributed by atoms with Crippen LogP contribution in [0, 0.1) is 6.92 Å². The van der Waals surface area contributed by atoms with Crippen LogP contribution in [0.5, 0.6) is 11.5 Å². The number of hydrogen-bond donors (Lipinski definition) is 1. The van der Waals surface area contributed by atoms with Gasteiger partial charge in [0.15, 0.2) is 17.3 Å². The summed E-state index contributed by atoms with van der Waals surface area (Å²) >= 11 is 6.11. The smallest absolute Gasteiger partial charge is 0.196 e. The van der Waals surface area contributed by atoms with E-state index in [9.17, 15) is 4.79 Å². The highest BCUT2D eigenvalue weighted by Gasteiger charge is 2.18. The quantitative estimate of drug-likeness (QED) is 0.879. The van der Waals surface area contributed by atoms with Crippen molar-refractivity contribution in [3.8, 4) is 11.5 Å². The normalized spacial score (nSPS) is 10.3. The summed E-state index contributed by atoms with van der Waals surface area (Å²) < 4.78 is 10.3. The lowest BCUT2D eigenvalue weighted by Gasteiger charge is -2.12. The van der Waals surface area contributed by atoms with E-state index < -0.39 is 0 Å². The zero-order valence-electron chi connectivity index (χ0n) is 11.9. The summed E-state index contributed by atoms with van der Waals surface area (Å²) in [6.45, 7) is 1.84. The van der Waals surface area contributed by atoms with E-state index in [0.29, 0.717) is 27.6 Å². The molecule has 110 valence electrons. The highest BCUT2D eigenvalue weighted by molar-refractivity contribution is 6.33. The second-order valence-corrected chi connectivity index (χ2v) is 4.88. The van der Waals surface area contributed by atoms with Crippen LogP contribution in [0.4, 0.5) is 5.82 Å². The van der Waals surface area contributed by atoms with Crippen molar-refractivity contribution >= 4 is 23.2 Å². The molecule has 2 N–H and O–H groups in total. The number of carbonyl (C=O) groups is 1. The molecule has 0 aliphatic carbocycles. The number of halogens is 1. The molecular formula is C15H15ClN2O3. The molecule has 0 saturated carbocycles. The van der Waals surface area contributed by atoms with E-state index in [2.05, 4.69) is 4.98 Å². The lowest BCUT2D eigenvalue weighted by Crippen LogP contribution is -2.08. The molecule has 2 rings (SSSR count). The summed E-state index contributed by atoms with van der Waals surface area (Å²) in [6, 6.07) is 4.77. The van der Waals surface area contributed by atoms with Gasteiger partial charge in [-0.15, -0.1) is 0 Å². The molecule has 0 aliphatic heterocycles. The summed E-state index contributed by atoms with van der Waals surface area (Å²) in [5.74, 6) is 0.668. The fraction of sp³-hybridized carbons (Fsp3) is 0.200. The molecule has 0 radical (unpaired) electrons. The van der Waals surface area contributed by atoms with Crippen molar-refractivity contribution in [3.63, 3.8) is 0 Å². The summed E-state index contributed by atoms with van der Waals surface area (Å²) in [5, 5.41) is 0.291. The van der Waals surface area contributed by atoms with Crippen molar-refractivity contribution in [2.24, 2.45) is 0 Å². The molecule has 5 nitrogen and oxygen atoms in total. The Morgan fingerprint density at radius 2 is 1.95 bits per heavy atom. The van der Waals surface area contributed by atoms with Crippen molar-refractivity contribution in [1.82, 2.24) is 4.98 Å². The largest absolute Gasteiger partial charge is 0.493 e. The molecular weight excluding hydrogens is 292 g/mol. The van der Waals surface area contributed by atoms with Gasteiger partial charge < -0.3 is 15.2 Å². The zero-order valence-corrected chi connectivity index (χ0v) is 12.7. The minimum atomic E-state index is -0.272. The maximum Gasteiger partial charge on any atom is 0.196 e. The molecule has 0 unspecified atom stereocenters. The number of nitrogens with zero attached hydrogens (tertiary/aromatic N) is 1. The number of pyridine rings is 1. The Morgan fingerprint density at radius 1 is 1.24 bits per heavy atom. The second-order valence-electron chi connectivity index (χ2n) is 4.47. The molecule has 1 heterocycles. The van der Waals surface area contributed by atoms with E-state index in [4.69, 9.17) is 26.8 Å². The molecule has 1 aromatic carbocycles. The first-order valence-electron chi connectivity index (χ1n) is 6.16. The molecule has 0 amide bonds. The molecule has 0 aliphatic rings. The van der Waals surface area contributed by atoms with Crippen LogP contribution in [0.15, 0.2) is 24.4 Å².